The van der Waals surface area contributed by atoms with Crippen molar-refractivity contribution in [1.29, 1.82) is 0 Å². The fraction of sp³-hybridized carbons (Fsp3) is 0.0755. The van der Waals surface area contributed by atoms with E-state index in [1.54, 1.807) is 0 Å². The summed E-state index contributed by atoms with van der Waals surface area (Å²) in [5.74, 6) is 0.589. The fourth-order valence-corrected chi connectivity index (χ4v) is 7.30. The molecule has 1 aromatic heterocycles. The van der Waals surface area contributed by atoms with Crippen molar-refractivity contribution >= 4 is 63.9 Å². The number of rotatable bonds is 10. The third kappa shape index (κ3) is 8.78. The van der Waals surface area contributed by atoms with E-state index in [-0.39, 0.29) is 13.5 Å². The largest absolute Gasteiger partial charge is 0.248 e. The maximum Gasteiger partial charge on any atom is 0.160 e. The van der Waals surface area contributed by atoms with E-state index in [0.29, 0.717) is 11.5 Å². The van der Waals surface area contributed by atoms with Crippen molar-refractivity contribution in [3.8, 4) is 11.1 Å². The van der Waals surface area contributed by atoms with Gasteiger partial charge in [0.1, 0.15) is 0 Å². The number of hydrogen-bond donors (Lipinski definition) is 0. The number of aromatic nitrogens is 1. The van der Waals surface area contributed by atoms with Crippen LogP contribution in [0.3, 0.4) is 0 Å². The predicted molar refractivity (Wildman–Crippen MR) is 250 cm³/mol. The minimum atomic E-state index is 0. The Morgan fingerprint density at radius 2 is 1.39 bits per heavy atom. The summed E-state index contributed by atoms with van der Waals surface area (Å²) in [6.07, 6.45) is 13.4. The van der Waals surface area contributed by atoms with Crippen LogP contribution in [0.1, 0.15) is 47.0 Å². The van der Waals surface area contributed by atoms with E-state index in [0.717, 1.165) is 58.6 Å². The van der Waals surface area contributed by atoms with Crippen LogP contribution < -0.4 is 0 Å². The smallest absolute Gasteiger partial charge is 0.160 e. The van der Waals surface area contributed by atoms with Gasteiger partial charge in [0.2, 0.25) is 0 Å². The molecule has 0 N–H and O–H groups in total. The van der Waals surface area contributed by atoms with Gasteiger partial charge in [-0.05, 0) is 111 Å². The fourth-order valence-electron chi connectivity index (χ4n) is 7.30. The van der Waals surface area contributed by atoms with E-state index >= 15 is 0 Å². The SMILES string of the molecule is C=C/C(=C\C(=C/Cc1ccc(-c2cc3ccccc3c3ccccc23)cc1)c1ccc2c(n1)C=CCC2)C(C)=NC(=NC(=C)c1ccccc1)c1ccccc1.S. The minimum Gasteiger partial charge on any atom is -0.248 e. The summed E-state index contributed by atoms with van der Waals surface area (Å²) >= 11 is 0. The molecule has 4 heteroatoms. The molecule has 0 amide bonds. The van der Waals surface area contributed by atoms with Gasteiger partial charge in [-0.3, -0.25) is 0 Å². The van der Waals surface area contributed by atoms with Crippen molar-refractivity contribution in [3.05, 3.63) is 228 Å². The van der Waals surface area contributed by atoms with Gasteiger partial charge in [0.15, 0.2) is 5.84 Å². The van der Waals surface area contributed by atoms with Gasteiger partial charge >= 0.3 is 0 Å². The topological polar surface area (TPSA) is 37.6 Å². The van der Waals surface area contributed by atoms with Gasteiger partial charge in [0.05, 0.1) is 17.1 Å². The van der Waals surface area contributed by atoms with Crippen LogP contribution in [0.15, 0.2) is 205 Å². The van der Waals surface area contributed by atoms with Gasteiger partial charge in [-0.2, -0.15) is 13.5 Å². The zero-order valence-corrected chi connectivity index (χ0v) is 33.2. The first-order chi connectivity index (χ1) is 27.5. The zero-order chi connectivity index (χ0) is 38.3. The number of pyridine rings is 1. The van der Waals surface area contributed by atoms with Crippen LogP contribution in [0.25, 0.3) is 50.0 Å². The quantitative estimate of drug-likeness (QED) is 0.0593. The Balaban J connectivity index is 0.00000496. The highest BCUT2D eigenvalue weighted by atomic mass is 32.1. The van der Waals surface area contributed by atoms with Crippen molar-refractivity contribution < 1.29 is 0 Å². The molecule has 0 unspecified atom stereocenters. The Morgan fingerprint density at radius 3 is 2.12 bits per heavy atom. The lowest BCUT2D eigenvalue weighted by molar-refractivity contribution is 0.961. The van der Waals surface area contributed by atoms with Gasteiger partial charge < -0.3 is 0 Å². The summed E-state index contributed by atoms with van der Waals surface area (Å²) in [7, 11) is 0. The Hall–Kier alpha value is -6.62. The van der Waals surface area contributed by atoms with E-state index in [1.165, 1.54) is 43.8 Å². The lowest BCUT2D eigenvalue weighted by Gasteiger charge is -2.13. The molecule has 0 spiro atoms. The molecule has 1 heterocycles. The molecule has 7 aromatic rings. The molecule has 0 radical (unpaired) electrons. The number of fused-ring (bicyclic) bond motifs is 4. The lowest BCUT2D eigenvalue weighted by atomic mass is 9.92. The Labute approximate surface area is 343 Å². The second-order valence-electron chi connectivity index (χ2n) is 14.0. The highest BCUT2D eigenvalue weighted by Gasteiger charge is 2.13. The number of hydrogen-bond acceptors (Lipinski definition) is 2. The van der Waals surface area contributed by atoms with Crippen LogP contribution in [-0.2, 0) is 12.8 Å². The summed E-state index contributed by atoms with van der Waals surface area (Å²) in [4.78, 5) is 15.2. The number of aryl methyl sites for hydroxylation is 1. The molecule has 0 bridgehead atoms. The highest BCUT2D eigenvalue weighted by Crippen LogP contribution is 2.35. The number of aliphatic imine (C=N–C) groups is 2. The van der Waals surface area contributed by atoms with Crippen LogP contribution in [-0.4, -0.2) is 16.5 Å². The van der Waals surface area contributed by atoms with Crippen molar-refractivity contribution in [3.63, 3.8) is 0 Å². The van der Waals surface area contributed by atoms with Crippen molar-refractivity contribution in [2.24, 2.45) is 9.98 Å². The average molecular weight is 756 g/mol. The lowest BCUT2D eigenvalue weighted by Crippen LogP contribution is -2.05. The van der Waals surface area contributed by atoms with Crippen LogP contribution in [0.4, 0.5) is 0 Å². The second kappa shape index (κ2) is 17.9. The third-order valence-corrected chi connectivity index (χ3v) is 10.4. The van der Waals surface area contributed by atoms with E-state index in [2.05, 4.69) is 128 Å². The molecule has 0 saturated heterocycles. The average Bonchev–Trinajstić information content (AvgIpc) is 3.26. The predicted octanol–water partition coefficient (Wildman–Crippen LogP) is 13.4. The van der Waals surface area contributed by atoms with Crippen LogP contribution in [0, 0.1) is 0 Å². The van der Waals surface area contributed by atoms with Gasteiger partial charge in [0, 0.05) is 11.3 Å². The van der Waals surface area contributed by atoms with Gasteiger partial charge in [-0.1, -0.05) is 171 Å². The van der Waals surface area contributed by atoms with Crippen LogP contribution >= 0.6 is 13.5 Å². The summed E-state index contributed by atoms with van der Waals surface area (Å²) in [6.45, 7) is 10.5. The molecule has 278 valence electrons. The maximum atomic E-state index is 5.15. The maximum absolute atomic E-state index is 5.15. The summed E-state index contributed by atoms with van der Waals surface area (Å²) < 4.78 is 0. The molecule has 1 aliphatic rings. The highest BCUT2D eigenvalue weighted by molar-refractivity contribution is 7.59. The molecular weight excluding hydrogens is 711 g/mol. The summed E-state index contributed by atoms with van der Waals surface area (Å²) in [5.41, 5.74) is 12.1. The first-order valence-corrected chi connectivity index (χ1v) is 19.2. The number of benzene rings is 6. The first-order valence-electron chi connectivity index (χ1n) is 19.2. The summed E-state index contributed by atoms with van der Waals surface area (Å²) in [5, 5.41) is 5.06. The standard InChI is InChI=1S/C53H43N3.H2S/c1-4-40(37(2)54-53(44-20-9-6-10-21-44)55-38(3)41-17-7-5-8-18-41)35-46(52-34-33-43-19-12-16-26-51(43)56-52)32-29-39-27-30-42(31-28-39)50-36-45-22-11-13-23-47(45)48-24-14-15-25-49(48)50;/h4-11,13-18,20-28,30-36H,1,3,12,19,29H2,2H3;1H2/b40-35+,46-32+,54-37?,55-53?;. The molecule has 1 aliphatic carbocycles. The van der Waals surface area contributed by atoms with Crippen molar-refractivity contribution in [2.45, 2.75) is 26.2 Å². The monoisotopic (exact) mass is 755 g/mol. The van der Waals surface area contributed by atoms with Crippen molar-refractivity contribution in [1.82, 2.24) is 4.98 Å². The van der Waals surface area contributed by atoms with Crippen molar-refractivity contribution in [2.75, 3.05) is 0 Å². The molecule has 0 aliphatic heterocycles. The number of nitrogens with zero attached hydrogens (tertiary/aromatic N) is 3. The molecule has 3 nitrogen and oxygen atoms in total. The third-order valence-electron chi connectivity index (χ3n) is 10.4. The molecule has 0 saturated carbocycles. The van der Waals surface area contributed by atoms with Gasteiger partial charge in [-0.25, -0.2) is 15.0 Å². The first kappa shape index (κ1) is 38.6. The summed E-state index contributed by atoms with van der Waals surface area (Å²) in [6, 6.07) is 53.0. The number of allylic oxidation sites excluding steroid dienone is 6. The van der Waals surface area contributed by atoms with Gasteiger partial charge in [0.25, 0.3) is 0 Å². The Bertz CT molecular complexity index is 2730. The van der Waals surface area contributed by atoms with E-state index in [9.17, 15) is 0 Å². The molecule has 6 aromatic carbocycles. The van der Waals surface area contributed by atoms with E-state index in [1.807, 2.05) is 73.7 Å². The molecule has 0 fully saturated rings. The van der Waals surface area contributed by atoms with Crippen LogP contribution in [0.5, 0.6) is 0 Å². The molecule has 8 rings (SSSR count). The molecule has 0 atom stereocenters. The Kier molecular flexibility index (Phi) is 12.1. The minimum absolute atomic E-state index is 0. The van der Waals surface area contributed by atoms with Crippen LogP contribution in [0.2, 0.25) is 0 Å². The Morgan fingerprint density at radius 1 is 0.719 bits per heavy atom. The van der Waals surface area contributed by atoms with E-state index in [4.69, 9.17) is 15.0 Å². The van der Waals surface area contributed by atoms with E-state index < -0.39 is 0 Å². The van der Waals surface area contributed by atoms with Gasteiger partial charge in [-0.15, -0.1) is 0 Å². The molecular formula is C53H45N3S. The normalized spacial score (nSPS) is 13.3. The second-order valence-corrected chi connectivity index (χ2v) is 14.0. The number of amidine groups is 1. The molecule has 57 heavy (non-hydrogen) atoms. The zero-order valence-electron chi connectivity index (χ0n) is 32.2.